The van der Waals surface area contributed by atoms with Gasteiger partial charge >= 0.3 is 0 Å². The molecule has 0 radical (unpaired) electrons. The highest BCUT2D eigenvalue weighted by Crippen LogP contribution is 2.23. The first-order valence-electron chi connectivity index (χ1n) is 11.0. The maximum atomic E-state index is 14.5. The Morgan fingerprint density at radius 1 is 1.09 bits per heavy atom. The zero-order chi connectivity index (χ0) is 23.5. The molecule has 0 aliphatic carbocycles. The van der Waals surface area contributed by atoms with Gasteiger partial charge in [0.2, 0.25) is 5.91 Å². The van der Waals surface area contributed by atoms with Gasteiger partial charge in [-0.2, -0.15) is 0 Å². The van der Waals surface area contributed by atoms with Crippen molar-refractivity contribution in [1.82, 2.24) is 9.47 Å². The molecule has 1 saturated heterocycles. The number of aryl methyl sites for hydroxylation is 1. The van der Waals surface area contributed by atoms with E-state index in [0.717, 1.165) is 22.7 Å². The van der Waals surface area contributed by atoms with Crippen LogP contribution in [0.4, 0.5) is 10.1 Å². The molecule has 0 atom stereocenters. The molecule has 0 saturated carbocycles. The minimum Gasteiger partial charge on any atom is -0.467 e. The molecule has 1 aromatic carbocycles. The lowest BCUT2D eigenvalue weighted by Crippen LogP contribution is -2.48. The number of carbonyl (C=O) groups excluding carboxylic acids is 2. The van der Waals surface area contributed by atoms with Crippen LogP contribution < -0.4 is 4.90 Å². The Labute approximate surface area is 192 Å². The van der Waals surface area contributed by atoms with Gasteiger partial charge in [-0.15, -0.1) is 0 Å². The molecular formula is C26H28FN3O3. The van der Waals surface area contributed by atoms with Crippen molar-refractivity contribution in [2.45, 2.75) is 27.3 Å². The van der Waals surface area contributed by atoms with Crippen LogP contribution in [0.2, 0.25) is 0 Å². The van der Waals surface area contributed by atoms with Crippen LogP contribution in [0.15, 0.2) is 53.2 Å². The average Bonchev–Trinajstić information content (AvgIpc) is 3.41. The number of amides is 1. The number of rotatable bonds is 6. The van der Waals surface area contributed by atoms with E-state index < -0.39 is 5.82 Å². The van der Waals surface area contributed by atoms with E-state index in [1.165, 1.54) is 13.0 Å². The Balaban J connectivity index is 1.37. The molecule has 1 aliphatic rings. The minimum atomic E-state index is -0.410. The number of piperazine rings is 1. The van der Waals surface area contributed by atoms with Gasteiger partial charge in [0.1, 0.15) is 11.6 Å². The number of anilines is 1. The zero-order valence-corrected chi connectivity index (χ0v) is 19.2. The van der Waals surface area contributed by atoms with Crippen molar-refractivity contribution in [1.29, 1.82) is 0 Å². The number of furan rings is 1. The predicted octanol–water partition coefficient (Wildman–Crippen LogP) is 4.45. The van der Waals surface area contributed by atoms with Gasteiger partial charge in [-0.05, 0) is 68.8 Å². The van der Waals surface area contributed by atoms with Crippen molar-refractivity contribution in [3.63, 3.8) is 0 Å². The molecule has 2 aromatic heterocycles. The van der Waals surface area contributed by atoms with Crippen LogP contribution in [0.3, 0.4) is 0 Å². The third-order valence-electron chi connectivity index (χ3n) is 6.20. The fourth-order valence-corrected chi connectivity index (χ4v) is 4.21. The van der Waals surface area contributed by atoms with Crippen LogP contribution >= 0.6 is 0 Å². The highest BCUT2D eigenvalue weighted by Gasteiger charge is 2.22. The minimum absolute atomic E-state index is 0.0575. The van der Waals surface area contributed by atoms with E-state index in [2.05, 4.69) is 10.6 Å². The van der Waals surface area contributed by atoms with Crippen molar-refractivity contribution < 1.29 is 18.4 Å². The summed E-state index contributed by atoms with van der Waals surface area (Å²) in [5, 5.41) is 0. The van der Waals surface area contributed by atoms with E-state index in [1.54, 1.807) is 29.4 Å². The van der Waals surface area contributed by atoms with Gasteiger partial charge in [0.25, 0.3) is 0 Å². The quantitative estimate of drug-likeness (QED) is 0.412. The number of ketones is 1. The second kappa shape index (κ2) is 9.48. The Bertz CT molecular complexity index is 1190. The molecule has 4 rings (SSSR count). The highest BCUT2D eigenvalue weighted by atomic mass is 19.1. The monoisotopic (exact) mass is 449 g/mol. The van der Waals surface area contributed by atoms with Gasteiger partial charge in [0.05, 0.1) is 18.5 Å². The highest BCUT2D eigenvalue weighted by molar-refractivity contribution is 5.94. The largest absolute Gasteiger partial charge is 0.467 e. The van der Waals surface area contributed by atoms with Crippen LogP contribution in [0.5, 0.6) is 0 Å². The lowest BCUT2D eigenvalue weighted by Gasteiger charge is -2.35. The number of aromatic nitrogens is 1. The molecule has 3 aromatic rings. The second-order valence-electron chi connectivity index (χ2n) is 8.36. The summed E-state index contributed by atoms with van der Waals surface area (Å²) in [6.07, 6.45) is 5.13. The molecule has 33 heavy (non-hydrogen) atoms. The van der Waals surface area contributed by atoms with Crippen LogP contribution in [-0.2, 0) is 11.3 Å². The second-order valence-corrected chi connectivity index (χ2v) is 8.36. The first-order chi connectivity index (χ1) is 15.8. The molecule has 6 nitrogen and oxygen atoms in total. The van der Waals surface area contributed by atoms with Crippen molar-refractivity contribution in [2.24, 2.45) is 0 Å². The Morgan fingerprint density at radius 3 is 2.48 bits per heavy atom. The van der Waals surface area contributed by atoms with Crippen LogP contribution in [0.1, 0.15) is 40.0 Å². The topological polar surface area (TPSA) is 58.7 Å². The summed E-state index contributed by atoms with van der Waals surface area (Å²) in [7, 11) is 0. The van der Waals surface area contributed by atoms with E-state index in [-0.39, 0.29) is 11.7 Å². The van der Waals surface area contributed by atoms with E-state index in [1.807, 2.05) is 37.0 Å². The molecule has 0 bridgehead atoms. The smallest absolute Gasteiger partial charge is 0.246 e. The summed E-state index contributed by atoms with van der Waals surface area (Å²) in [5.74, 6) is 0.253. The number of benzene rings is 1. The summed E-state index contributed by atoms with van der Waals surface area (Å²) in [6.45, 7) is 8.23. The van der Waals surface area contributed by atoms with Crippen molar-refractivity contribution >= 4 is 23.5 Å². The summed E-state index contributed by atoms with van der Waals surface area (Å²) < 4.78 is 22.1. The summed E-state index contributed by atoms with van der Waals surface area (Å²) in [6, 6.07) is 10.4. The van der Waals surface area contributed by atoms with Crippen LogP contribution in [0, 0.1) is 19.7 Å². The van der Waals surface area contributed by atoms with Crippen LogP contribution in [0.25, 0.3) is 6.08 Å². The summed E-state index contributed by atoms with van der Waals surface area (Å²) in [5.41, 5.74) is 3.99. The van der Waals surface area contributed by atoms with Crippen molar-refractivity contribution in [2.75, 3.05) is 31.1 Å². The average molecular weight is 450 g/mol. The lowest BCUT2D eigenvalue weighted by atomic mass is 10.1. The molecule has 1 aliphatic heterocycles. The fourth-order valence-electron chi connectivity index (χ4n) is 4.21. The number of halogens is 1. The molecule has 172 valence electrons. The number of hydrogen-bond acceptors (Lipinski definition) is 4. The molecule has 7 heteroatoms. The Hall–Kier alpha value is -3.61. The van der Waals surface area contributed by atoms with Crippen molar-refractivity contribution in [3.8, 4) is 0 Å². The maximum absolute atomic E-state index is 14.5. The standard InChI is InChI=1S/C26H28FN3O3/c1-18-15-21(19(2)30(18)17-23-5-4-14-33-23)7-9-26(32)29-12-10-28(11-13-29)25-8-6-22(20(3)31)16-24(25)27/h4-9,14-16H,10-13,17H2,1-3H3. The molecular weight excluding hydrogens is 421 g/mol. The fraction of sp³-hybridized carbons (Fsp3) is 0.308. The van der Waals surface area contributed by atoms with Crippen molar-refractivity contribution in [3.05, 3.63) is 82.8 Å². The molecule has 0 N–H and O–H groups in total. The first kappa shape index (κ1) is 22.6. The van der Waals surface area contributed by atoms with Crippen LogP contribution in [-0.4, -0.2) is 47.3 Å². The first-order valence-corrected chi connectivity index (χ1v) is 11.0. The zero-order valence-electron chi connectivity index (χ0n) is 19.2. The van der Waals surface area contributed by atoms with Gasteiger partial charge in [-0.25, -0.2) is 4.39 Å². The third-order valence-corrected chi connectivity index (χ3v) is 6.20. The third kappa shape index (κ3) is 4.92. The summed E-state index contributed by atoms with van der Waals surface area (Å²) in [4.78, 5) is 27.9. The van der Waals surface area contributed by atoms with Gasteiger partial charge in [0.15, 0.2) is 5.78 Å². The molecule has 1 amide bonds. The number of hydrogen-bond donors (Lipinski definition) is 0. The van der Waals surface area contributed by atoms with Gasteiger partial charge in [0, 0.05) is 49.2 Å². The molecule has 3 heterocycles. The maximum Gasteiger partial charge on any atom is 0.246 e. The van der Waals surface area contributed by atoms with Gasteiger partial charge in [-0.3, -0.25) is 9.59 Å². The molecule has 1 fully saturated rings. The van der Waals surface area contributed by atoms with E-state index in [4.69, 9.17) is 4.42 Å². The van der Waals surface area contributed by atoms with E-state index in [0.29, 0.717) is 44.0 Å². The number of nitrogens with zero attached hydrogens (tertiary/aromatic N) is 3. The van der Waals surface area contributed by atoms with E-state index in [9.17, 15) is 14.0 Å². The Morgan fingerprint density at radius 2 is 1.85 bits per heavy atom. The van der Waals surface area contributed by atoms with E-state index >= 15 is 0 Å². The predicted molar refractivity (Wildman–Crippen MR) is 126 cm³/mol. The Kier molecular flexibility index (Phi) is 6.49. The molecule has 0 unspecified atom stereocenters. The van der Waals surface area contributed by atoms with Gasteiger partial charge in [-0.1, -0.05) is 0 Å². The SMILES string of the molecule is CC(=O)c1ccc(N2CCN(C(=O)C=Cc3cc(C)n(Cc4ccco4)c3C)CC2)c(F)c1. The van der Waals surface area contributed by atoms with Gasteiger partial charge < -0.3 is 18.8 Å². The molecule has 0 spiro atoms. The summed E-state index contributed by atoms with van der Waals surface area (Å²) >= 11 is 0. The normalized spacial score (nSPS) is 14.3. The number of Topliss-reactive ketones (excluding diaryl/α,β-unsaturated/α-hetero) is 1. The lowest BCUT2D eigenvalue weighted by molar-refractivity contribution is -0.126. The number of carbonyl (C=O) groups is 2.